The third kappa shape index (κ3) is 4.64. The molecule has 1 aromatic rings. The van der Waals surface area contributed by atoms with Crippen molar-refractivity contribution in [2.24, 2.45) is 4.99 Å². The average molecular weight is 314 g/mol. The highest BCUT2D eigenvalue weighted by molar-refractivity contribution is 7.99. The maximum atomic E-state index is 10.3. The second-order valence-corrected chi connectivity index (χ2v) is 7.36. The summed E-state index contributed by atoms with van der Waals surface area (Å²) >= 11 is 3.46. The minimum atomic E-state index is -0.599. The molecule has 2 rings (SSSR count). The number of rotatable bonds is 5. The van der Waals surface area contributed by atoms with Gasteiger partial charge < -0.3 is 15.7 Å². The molecule has 0 radical (unpaired) electrons. The van der Waals surface area contributed by atoms with Gasteiger partial charge in [0.05, 0.1) is 12.1 Å². The van der Waals surface area contributed by atoms with E-state index in [9.17, 15) is 5.11 Å². The van der Waals surface area contributed by atoms with Gasteiger partial charge in [-0.25, -0.2) is 9.98 Å². The van der Waals surface area contributed by atoms with Gasteiger partial charge in [-0.1, -0.05) is 0 Å². The molecule has 5 nitrogen and oxygen atoms in total. The highest BCUT2D eigenvalue weighted by Crippen LogP contribution is 2.26. The van der Waals surface area contributed by atoms with E-state index in [0.717, 1.165) is 35.4 Å². The Balaban J connectivity index is 1.88. The van der Waals surface area contributed by atoms with Crippen LogP contribution in [0.1, 0.15) is 23.2 Å². The van der Waals surface area contributed by atoms with Crippen molar-refractivity contribution in [3.8, 4) is 0 Å². The first kappa shape index (κ1) is 15.6. The Morgan fingerprint density at radius 3 is 3.00 bits per heavy atom. The SMILES string of the molecule is CCNC(=NCc1ncc(C)s1)NCC1(O)CCSC1. The van der Waals surface area contributed by atoms with Gasteiger partial charge in [-0.05, 0) is 26.0 Å². The van der Waals surface area contributed by atoms with E-state index >= 15 is 0 Å². The van der Waals surface area contributed by atoms with E-state index in [-0.39, 0.29) is 0 Å². The van der Waals surface area contributed by atoms with Gasteiger partial charge >= 0.3 is 0 Å². The molecule has 7 heteroatoms. The maximum absolute atomic E-state index is 10.3. The van der Waals surface area contributed by atoms with Crippen LogP contribution in [-0.2, 0) is 6.54 Å². The van der Waals surface area contributed by atoms with Gasteiger partial charge in [0.15, 0.2) is 5.96 Å². The highest BCUT2D eigenvalue weighted by Gasteiger charge is 2.31. The lowest BCUT2D eigenvalue weighted by molar-refractivity contribution is 0.0724. The standard InChI is InChI=1S/C13H22N4OS2/c1-3-14-12(16-7-11-15-6-10(2)20-11)17-8-13(18)4-5-19-9-13/h6,18H,3-5,7-9H2,1-2H3,(H2,14,16,17). The Hall–Kier alpha value is -0.790. The van der Waals surface area contributed by atoms with Crippen LogP contribution in [0.3, 0.4) is 0 Å². The second kappa shape index (κ2) is 7.28. The van der Waals surface area contributed by atoms with Gasteiger partial charge in [0, 0.05) is 29.9 Å². The van der Waals surface area contributed by atoms with Crippen LogP contribution in [0.25, 0.3) is 0 Å². The monoisotopic (exact) mass is 314 g/mol. The zero-order chi connectivity index (χ0) is 14.4. The first-order valence-electron chi connectivity index (χ1n) is 6.85. The van der Waals surface area contributed by atoms with Crippen molar-refractivity contribution in [3.05, 3.63) is 16.1 Å². The number of aliphatic hydroxyl groups is 1. The van der Waals surface area contributed by atoms with E-state index in [1.807, 2.05) is 20.0 Å². The molecule has 1 fully saturated rings. The van der Waals surface area contributed by atoms with Crippen LogP contribution in [-0.4, -0.2) is 46.2 Å². The average Bonchev–Trinajstić information content (AvgIpc) is 3.03. The molecule has 20 heavy (non-hydrogen) atoms. The molecule has 3 N–H and O–H groups in total. The number of hydrogen-bond acceptors (Lipinski definition) is 5. The van der Waals surface area contributed by atoms with Crippen molar-refractivity contribution in [3.63, 3.8) is 0 Å². The summed E-state index contributed by atoms with van der Waals surface area (Å²) in [6.45, 7) is 5.99. The van der Waals surface area contributed by atoms with Gasteiger partial charge in [0.2, 0.25) is 0 Å². The van der Waals surface area contributed by atoms with Gasteiger partial charge in [-0.15, -0.1) is 11.3 Å². The third-order valence-corrected chi connectivity index (χ3v) is 5.18. The van der Waals surface area contributed by atoms with Crippen LogP contribution in [0.5, 0.6) is 0 Å². The number of thiazole rings is 1. The molecule has 1 unspecified atom stereocenters. The summed E-state index contributed by atoms with van der Waals surface area (Å²) in [5.74, 6) is 2.57. The van der Waals surface area contributed by atoms with E-state index in [4.69, 9.17) is 0 Å². The molecule has 0 aliphatic carbocycles. The smallest absolute Gasteiger partial charge is 0.191 e. The largest absolute Gasteiger partial charge is 0.387 e. The minimum Gasteiger partial charge on any atom is -0.387 e. The number of aromatic nitrogens is 1. The Kier molecular flexibility index (Phi) is 5.68. The number of nitrogens with one attached hydrogen (secondary N) is 2. The molecule has 1 aliphatic rings. The van der Waals surface area contributed by atoms with E-state index in [0.29, 0.717) is 13.1 Å². The van der Waals surface area contributed by atoms with E-state index in [1.54, 1.807) is 23.1 Å². The summed E-state index contributed by atoms with van der Waals surface area (Å²) in [6, 6.07) is 0. The fourth-order valence-corrected chi connectivity index (χ4v) is 3.95. The molecule has 0 amide bonds. The summed E-state index contributed by atoms with van der Waals surface area (Å²) in [6.07, 6.45) is 2.71. The summed E-state index contributed by atoms with van der Waals surface area (Å²) in [5, 5.41) is 17.8. The summed E-state index contributed by atoms with van der Waals surface area (Å²) < 4.78 is 0. The topological polar surface area (TPSA) is 69.5 Å². The van der Waals surface area contributed by atoms with Crippen molar-refractivity contribution in [2.45, 2.75) is 32.4 Å². The fraction of sp³-hybridized carbons (Fsp3) is 0.692. The summed E-state index contributed by atoms with van der Waals surface area (Å²) in [5.41, 5.74) is -0.599. The minimum absolute atomic E-state index is 0.544. The van der Waals surface area contributed by atoms with Crippen molar-refractivity contribution in [1.29, 1.82) is 0 Å². The van der Waals surface area contributed by atoms with Crippen LogP contribution >= 0.6 is 23.1 Å². The predicted molar refractivity (Wildman–Crippen MR) is 86.6 cm³/mol. The molecule has 0 spiro atoms. The number of hydrogen-bond donors (Lipinski definition) is 3. The quantitative estimate of drug-likeness (QED) is 0.566. The van der Waals surface area contributed by atoms with Crippen molar-refractivity contribution in [2.75, 3.05) is 24.6 Å². The van der Waals surface area contributed by atoms with Crippen molar-refractivity contribution < 1.29 is 5.11 Å². The molecule has 0 aromatic carbocycles. The molecule has 112 valence electrons. The third-order valence-electron chi connectivity index (χ3n) is 3.05. The number of aliphatic imine (C=N–C) groups is 1. The van der Waals surface area contributed by atoms with Crippen LogP contribution in [0.2, 0.25) is 0 Å². The van der Waals surface area contributed by atoms with Gasteiger partial charge in [0.25, 0.3) is 0 Å². The fourth-order valence-electron chi connectivity index (χ4n) is 1.95. The predicted octanol–water partition coefficient (Wildman–Crippen LogP) is 1.37. The first-order chi connectivity index (χ1) is 9.61. The number of nitrogens with zero attached hydrogens (tertiary/aromatic N) is 2. The summed E-state index contributed by atoms with van der Waals surface area (Å²) in [4.78, 5) is 10.0. The molecular formula is C13H22N4OS2. The molecule has 0 saturated carbocycles. The number of aryl methyl sites for hydroxylation is 1. The van der Waals surface area contributed by atoms with Gasteiger partial charge in [-0.2, -0.15) is 11.8 Å². The normalized spacial score (nSPS) is 23.1. The Bertz CT molecular complexity index is 455. The zero-order valence-corrected chi connectivity index (χ0v) is 13.6. The first-order valence-corrected chi connectivity index (χ1v) is 8.82. The van der Waals surface area contributed by atoms with Crippen LogP contribution in [0.4, 0.5) is 0 Å². The molecular weight excluding hydrogens is 292 g/mol. The Morgan fingerprint density at radius 1 is 1.55 bits per heavy atom. The molecule has 1 aromatic heterocycles. The molecule has 2 heterocycles. The highest BCUT2D eigenvalue weighted by atomic mass is 32.2. The Labute approximate surface area is 128 Å². The molecule has 1 aliphatic heterocycles. The number of thioether (sulfide) groups is 1. The number of guanidine groups is 1. The molecule has 0 bridgehead atoms. The molecule has 1 atom stereocenters. The maximum Gasteiger partial charge on any atom is 0.191 e. The van der Waals surface area contributed by atoms with E-state index in [1.165, 1.54) is 4.88 Å². The van der Waals surface area contributed by atoms with E-state index in [2.05, 4.69) is 20.6 Å². The molecule has 1 saturated heterocycles. The van der Waals surface area contributed by atoms with E-state index < -0.39 is 5.60 Å². The van der Waals surface area contributed by atoms with Crippen LogP contribution in [0, 0.1) is 6.92 Å². The second-order valence-electron chi connectivity index (χ2n) is 4.94. The van der Waals surface area contributed by atoms with Crippen LogP contribution < -0.4 is 10.6 Å². The van der Waals surface area contributed by atoms with Crippen LogP contribution in [0.15, 0.2) is 11.2 Å². The zero-order valence-electron chi connectivity index (χ0n) is 12.0. The van der Waals surface area contributed by atoms with Gasteiger partial charge in [-0.3, -0.25) is 0 Å². The van der Waals surface area contributed by atoms with Gasteiger partial charge in [0.1, 0.15) is 5.01 Å². The lowest BCUT2D eigenvalue weighted by Crippen LogP contribution is -2.47. The lowest BCUT2D eigenvalue weighted by atomic mass is 10.0. The Morgan fingerprint density at radius 2 is 2.40 bits per heavy atom. The van der Waals surface area contributed by atoms with Crippen molar-refractivity contribution in [1.82, 2.24) is 15.6 Å². The van der Waals surface area contributed by atoms with Crippen molar-refractivity contribution >= 4 is 29.1 Å². The summed E-state index contributed by atoms with van der Waals surface area (Å²) in [7, 11) is 0. The lowest BCUT2D eigenvalue weighted by Gasteiger charge is -2.23.